The molecule has 0 bridgehead atoms. The van der Waals surface area contributed by atoms with E-state index in [9.17, 15) is 13.2 Å². The third kappa shape index (κ3) is 2.71. The quantitative estimate of drug-likeness (QED) is 0.859. The van der Waals surface area contributed by atoms with Gasteiger partial charge in [0.05, 0.1) is 10.9 Å². The van der Waals surface area contributed by atoms with Crippen LogP contribution in [0.1, 0.15) is 24.4 Å². The minimum absolute atomic E-state index is 0.0900. The van der Waals surface area contributed by atoms with Gasteiger partial charge in [-0.1, -0.05) is 12.1 Å². The molecule has 2 N–H and O–H groups in total. The Kier molecular flexibility index (Phi) is 2.94. The van der Waals surface area contributed by atoms with Gasteiger partial charge >= 0.3 is 6.09 Å². The van der Waals surface area contributed by atoms with Gasteiger partial charge in [0.25, 0.3) is 0 Å². The summed E-state index contributed by atoms with van der Waals surface area (Å²) in [4.78, 5) is 11.2. The number of rotatable bonds is 4. The Morgan fingerprint density at radius 3 is 2.42 bits per heavy atom. The van der Waals surface area contributed by atoms with Gasteiger partial charge in [0.1, 0.15) is 6.61 Å². The van der Waals surface area contributed by atoms with E-state index < -0.39 is 16.1 Å². The molecule has 1 aliphatic heterocycles. The molecule has 19 heavy (non-hydrogen) atoms. The summed E-state index contributed by atoms with van der Waals surface area (Å²) in [6.07, 6.45) is 1.36. The third-order valence-corrected chi connectivity index (χ3v) is 4.70. The highest BCUT2D eigenvalue weighted by Crippen LogP contribution is 2.23. The number of ether oxygens (including phenoxy) is 1. The van der Waals surface area contributed by atoms with Gasteiger partial charge < -0.3 is 10.1 Å². The predicted octanol–water partition coefficient (Wildman–Crippen LogP) is 0.908. The maximum Gasteiger partial charge on any atom is 0.407 e. The number of carbonyl (C=O) groups is 1. The van der Waals surface area contributed by atoms with Crippen molar-refractivity contribution in [1.29, 1.82) is 0 Å². The van der Waals surface area contributed by atoms with Gasteiger partial charge in [-0.3, -0.25) is 0 Å². The number of hydrogen-bond donors (Lipinski definition) is 2. The molecule has 1 saturated carbocycles. The van der Waals surface area contributed by atoms with E-state index in [4.69, 9.17) is 4.74 Å². The zero-order valence-electron chi connectivity index (χ0n) is 10.1. The maximum absolute atomic E-state index is 12.0. The molecule has 3 rings (SSSR count). The highest BCUT2D eigenvalue weighted by Gasteiger charge is 2.28. The lowest BCUT2D eigenvalue weighted by Gasteiger charge is -2.09. The van der Waals surface area contributed by atoms with E-state index in [0.29, 0.717) is 0 Å². The topological polar surface area (TPSA) is 84.5 Å². The standard InChI is InChI=1S/C12H14N2O4S/c15-12-13-11(7-18-12)8-1-5-10(6-2-8)19(16,17)14-9-3-4-9/h1-2,5-6,9,11,14H,3-4,7H2,(H,13,15)/t11-/m0/s1. The van der Waals surface area contributed by atoms with Crippen molar-refractivity contribution in [3.63, 3.8) is 0 Å². The number of amides is 1. The first-order valence-electron chi connectivity index (χ1n) is 6.10. The number of benzene rings is 1. The monoisotopic (exact) mass is 282 g/mol. The maximum atomic E-state index is 12.0. The van der Waals surface area contributed by atoms with Crippen LogP contribution in [0.15, 0.2) is 29.2 Å². The van der Waals surface area contributed by atoms with Crippen LogP contribution in [0.5, 0.6) is 0 Å². The van der Waals surface area contributed by atoms with E-state index in [1.165, 1.54) is 0 Å². The van der Waals surface area contributed by atoms with Crippen molar-refractivity contribution in [2.24, 2.45) is 0 Å². The molecule has 1 heterocycles. The molecule has 0 radical (unpaired) electrons. The van der Waals surface area contributed by atoms with E-state index in [1.54, 1.807) is 24.3 Å². The van der Waals surface area contributed by atoms with E-state index in [0.717, 1.165) is 18.4 Å². The Bertz CT molecular complexity index is 593. The van der Waals surface area contributed by atoms with Crippen molar-refractivity contribution < 1.29 is 17.9 Å². The number of sulfonamides is 1. The van der Waals surface area contributed by atoms with Crippen LogP contribution in [0.2, 0.25) is 0 Å². The second kappa shape index (κ2) is 4.50. The summed E-state index contributed by atoms with van der Waals surface area (Å²) in [7, 11) is -3.42. The van der Waals surface area contributed by atoms with Crippen molar-refractivity contribution in [2.45, 2.75) is 29.8 Å². The molecule has 1 saturated heterocycles. The van der Waals surface area contributed by atoms with Crippen molar-refractivity contribution in [3.05, 3.63) is 29.8 Å². The molecule has 1 aliphatic carbocycles. The van der Waals surface area contributed by atoms with E-state index in [1.807, 2.05) is 0 Å². The Morgan fingerprint density at radius 1 is 1.21 bits per heavy atom. The van der Waals surface area contributed by atoms with Gasteiger partial charge in [-0.25, -0.2) is 17.9 Å². The summed E-state index contributed by atoms with van der Waals surface area (Å²) in [5.41, 5.74) is 0.830. The molecule has 1 aromatic carbocycles. The van der Waals surface area contributed by atoms with Gasteiger partial charge in [-0.15, -0.1) is 0 Å². The summed E-state index contributed by atoms with van der Waals surface area (Å²) >= 11 is 0. The normalized spacial score (nSPS) is 22.9. The van der Waals surface area contributed by atoms with Crippen LogP contribution in [-0.2, 0) is 14.8 Å². The molecular formula is C12H14N2O4S. The fourth-order valence-corrected chi connectivity index (χ4v) is 3.24. The molecule has 0 spiro atoms. The molecule has 102 valence electrons. The van der Waals surface area contributed by atoms with Gasteiger partial charge in [0, 0.05) is 6.04 Å². The Labute approximate surface area is 111 Å². The first-order valence-corrected chi connectivity index (χ1v) is 7.58. The van der Waals surface area contributed by atoms with Crippen LogP contribution in [0.25, 0.3) is 0 Å². The Balaban J connectivity index is 1.76. The number of cyclic esters (lactones) is 1. The number of nitrogens with one attached hydrogen (secondary N) is 2. The van der Waals surface area contributed by atoms with Crippen molar-refractivity contribution in [2.75, 3.05) is 6.61 Å². The summed E-state index contributed by atoms with van der Waals surface area (Å²) in [6, 6.07) is 6.37. The first-order chi connectivity index (χ1) is 9.04. The average molecular weight is 282 g/mol. The van der Waals surface area contributed by atoms with Crippen molar-refractivity contribution >= 4 is 16.1 Å². The van der Waals surface area contributed by atoms with Crippen molar-refractivity contribution in [1.82, 2.24) is 10.0 Å². The summed E-state index contributed by atoms with van der Waals surface area (Å²) in [5.74, 6) is 0. The zero-order chi connectivity index (χ0) is 13.5. The molecule has 1 atom stereocenters. The molecule has 2 fully saturated rings. The predicted molar refractivity (Wildman–Crippen MR) is 67.0 cm³/mol. The molecule has 1 aromatic rings. The highest BCUT2D eigenvalue weighted by molar-refractivity contribution is 7.89. The van der Waals surface area contributed by atoms with Crippen molar-refractivity contribution in [3.8, 4) is 0 Å². The lowest BCUT2D eigenvalue weighted by atomic mass is 10.1. The summed E-state index contributed by atoms with van der Waals surface area (Å²) in [5, 5.41) is 2.64. The molecule has 1 amide bonds. The Morgan fingerprint density at radius 2 is 1.89 bits per heavy atom. The smallest absolute Gasteiger partial charge is 0.407 e. The molecule has 6 nitrogen and oxygen atoms in total. The number of carbonyl (C=O) groups excluding carboxylic acids is 1. The molecule has 0 aromatic heterocycles. The molecule has 2 aliphatic rings. The van der Waals surface area contributed by atoms with E-state index in [-0.39, 0.29) is 23.6 Å². The number of alkyl carbamates (subject to hydrolysis) is 1. The average Bonchev–Trinajstić information content (AvgIpc) is 3.07. The Hall–Kier alpha value is -1.60. The minimum Gasteiger partial charge on any atom is -0.447 e. The van der Waals surface area contributed by atoms with Crippen LogP contribution in [0, 0.1) is 0 Å². The van der Waals surface area contributed by atoms with Gasteiger partial charge in [-0.05, 0) is 30.5 Å². The largest absolute Gasteiger partial charge is 0.447 e. The first kappa shape index (κ1) is 12.4. The second-order valence-corrected chi connectivity index (χ2v) is 6.47. The van der Waals surface area contributed by atoms with Crippen LogP contribution in [0.4, 0.5) is 4.79 Å². The lowest BCUT2D eigenvalue weighted by Crippen LogP contribution is -2.25. The highest BCUT2D eigenvalue weighted by atomic mass is 32.2. The molecule has 7 heteroatoms. The van der Waals surface area contributed by atoms with Crippen LogP contribution >= 0.6 is 0 Å². The van der Waals surface area contributed by atoms with Gasteiger partial charge in [0.2, 0.25) is 10.0 Å². The summed E-state index contributed by atoms with van der Waals surface area (Å²) in [6.45, 7) is 0.269. The zero-order valence-corrected chi connectivity index (χ0v) is 10.9. The third-order valence-electron chi connectivity index (χ3n) is 3.17. The van der Waals surface area contributed by atoms with Crippen LogP contribution in [0.3, 0.4) is 0 Å². The van der Waals surface area contributed by atoms with Gasteiger partial charge in [0.15, 0.2) is 0 Å². The molecule has 0 unspecified atom stereocenters. The van der Waals surface area contributed by atoms with Crippen LogP contribution in [-0.4, -0.2) is 27.2 Å². The second-order valence-electron chi connectivity index (χ2n) is 4.76. The lowest BCUT2D eigenvalue weighted by molar-refractivity contribution is 0.177. The fourth-order valence-electron chi connectivity index (χ4n) is 1.93. The number of hydrogen-bond acceptors (Lipinski definition) is 4. The summed E-state index contributed by atoms with van der Waals surface area (Å²) < 4.78 is 31.3. The fraction of sp³-hybridized carbons (Fsp3) is 0.417. The molecular weight excluding hydrogens is 268 g/mol. The van der Waals surface area contributed by atoms with Gasteiger partial charge in [-0.2, -0.15) is 0 Å². The van der Waals surface area contributed by atoms with Crippen LogP contribution < -0.4 is 10.0 Å². The minimum atomic E-state index is -3.42. The van der Waals surface area contributed by atoms with E-state index in [2.05, 4.69) is 10.0 Å². The SMILES string of the molecule is O=C1N[C@H](c2ccc(S(=O)(=O)NC3CC3)cc2)CO1. The van der Waals surface area contributed by atoms with E-state index >= 15 is 0 Å².